The normalized spacial score (nSPS) is 11.9. The summed E-state index contributed by atoms with van der Waals surface area (Å²) in [6.07, 6.45) is -3.73. The minimum Gasteiger partial charge on any atom is -0.333 e. The summed E-state index contributed by atoms with van der Waals surface area (Å²) in [6, 6.07) is 4.12. The van der Waals surface area contributed by atoms with E-state index in [9.17, 15) is 17.6 Å². The lowest BCUT2D eigenvalue weighted by atomic mass is 10.1. The number of rotatable bonds is 2. The molecule has 0 amide bonds. The molecule has 1 aromatic heterocycles. The lowest BCUT2D eigenvalue weighted by Crippen LogP contribution is -2.05. The molecule has 1 aromatic carbocycles. The molecule has 0 aliphatic rings. The number of nitrogens with zero attached hydrogens (tertiary/aromatic N) is 2. The molecule has 3 nitrogen and oxygen atoms in total. The minimum atomic E-state index is -4.55. The second kappa shape index (κ2) is 4.65. The van der Waals surface area contributed by atoms with Gasteiger partial charge in [-0.3, -0.25) is 0 Å². The van der Waals surface area contributed by atoms with Crippen LogP contribution in [0.5, 0.6) is 0 Å². The van der Waals surface area contributed by atoms with Crippen LogP contribution >= 0.6 is 0 Å². The van der Waals surface area contributed by atoms with E-state index in [-0.39, 0.29) is 17.9 Å². The molecule has 0 atom stereocenters. The molecule has 19 heavy (non-hydrogen) atoms. The van der Waals surface area contributed by atoms with Crippen molar-refractivity contribution in [2.75, 3.05) is 0 Å². The Balaban J connectivity index is 2.51. The number of benzene rings is 1. The zero-order valence-electron chi connectivity index (χ0n) is 10.0. The van der Waals surface area contributed by atoms with E-state index in [2.05, 4.69) is 4.98 Å². The molecule has 1 heterocycles. The maximum Gasteiger partial charge on any atom is 0.434 e. The highest BCUT2D eigenvalue weighted by Crippen LogP contribution is 2.31. The number of imidazole rings is 1. The van der Waals surface area contributed by atoms with Crippen LogP contribution in [0.4, 0.5) is 17.6 Å². The molecule has 0 saturated carbocycles. The number of aromatic nitrogens is 2. The third kappa shape index (κ3) is 2.60. The predicted molar refractivity (Wildman–Crippen MR) is 61.5 cm³/mol. The minimum absolute atomic E-state index is 0.00944. The van der Waals surface area contributed by atoms with Crippen molar-refractivity contribution in [2.45, 2.75) is 12.7 Å². The van der Waals surface area contributed by atoms with Crippen LogP contribution in [0.2, 0.25) is 0 Å². The van der Waals surface area contributed by atoms with Crippen LogP contribution in [-0.4, -0.2) is 9.55 Å². The first-order valence-electron chi connectivity index (χ1n) is 5.42. The summed E-state index contributed by atoms with van der Waals surface area (Å²) in [5.74, 6) is -0.723. The van der Waals surface area contributed by atoms with Crippen LogP contribution in [0.25, 0.3) is 11.4 Å². The second-order valence-electron chi connectivity index (χ2n) is 4.08. The third-order valence-corrected chi connectivity index (χ3v) is 2.68. The summed E-state index contributed by atoms with van der Waals surface area (Å²) in [7, 11) is 1.38. The van der Waals surface area contributed by atoms with Crippen molar-refractivity contribution in [1.29, 1.82) is 0 Å². The number of nitrogens with two attached hydrogens (primary N) is 1. The molecule has 102 valence electrons. The average Bonchev–Trinajstić information content (AvgIpc) is 2.71. The van der Waals surface area contributed by atoms with Gasteiger partial charge in [0.05, 0.1) is 5.56 Å². The Morgan fingerprint density at radius 2 is 2.00 bits per heavy atom. The highest BCUT2D eigenvalue weighted by Gasteiger charge is 2.34. The van der Waals surface area contributed by atoms with E-state index in [1.165, 1.54) is 19.2 Å². The van der Waals surface area contributed by atoms with Gasteiger partial charge in [-0.25, -0.2) is 9.37 Å². The van der Waals surface area contributed by atoms with E-state index < -0.39 is 17.7 Å². The molecule has 0 aliphatic carbocycles. The number of aryl methyl sites for hydroxylation is 1. The van der Waals surface area contributed by atoms with E-state index in [1.807, 2.05) is 0 Å². The number of halogens is 4. The van der Waals surface area contributed by atoms with Crippen LogP contribution in [0.1, 0.15) is 11.3 Å². The fourth-order valence-corrected chi connectivity index (χ4v) is 1.72. The molecule has 0 spiro atoms. The van der Waals surface area contributed by atoms with Gasteiger partial charge in [-0.05, 0) is 17.7 Å². The fourth-order valence-electron chi connectivity index (χ4n) is 1.72. The zero-order valence-corrected chi connectivity index (χ0v) is 10.0. The molecular formula is C12H11F4N3. The molecule has 2 N–H and O–H groups in total. The predicted octanol–water partition coefficient (Wildman–Crippen LogP) is 2.70. The molecule has 0 bridgehead atoms. The largest absolute Gasteiger partial charge is 0.434 e. The first kappa shape index (κ1) is 13.5. The van der Waals surface area contributed by atoms with Crippen LogP contribution < -0.4 is 5.73 Å². The van der Waals surface area contributed by atoms with Crippen molar-refractivity contribution in [2.24, 2.45) is 12.8 Å². The average molecular weight is 273 g/mol. The summed E-state index contributed by atoms with van der Waals surface area (Å²) in [4.78, 5) is 3.43. The van der Waals surface area contributed by atoms with Crippen LogP contribution in [0.15, 0.2) is 24.4 Å². The molecule has 2 rings (SSSR count). The lowest BCUT2D eigenvalue weighted by Gasteiger charge is -2.05. The van der Waals surface area contributed by atoms with E-state index >= 15 is 0 Å². The molecule has 7 heteroatoms. The number of hydrogen-bond acceptors (Lipinski definition) is 2. The SMILES string of the molecule is Cn1cc(C(F)(F)F)nc1-c1ccc(CN)cc1F. The number of hydrogen-bond donors (Lipinski definition) is 1. The van der Waals surface area contributed by atoms with E-state index in [0.717, 1.165) is 10.8 Å². The topological polar surface area (TPSA) is 43.8 Å². The summed E-state index contributed by atoms with van der Waals surface area (Å²) < 4.78 is 52.6. The summed E-state index contributed by atoms with van der Waals surface area (Å²) >= 11 is 0. The van der Waals surface area contributed by atoms with Crippen LogP contribution in [0.3, 0.4) is 0 Å². The van der Waals surface area contributed by atoms with E-state index in [0.29, 0.717) is 5.56 Å². The molecule has 0 fully saturated rings. The van der Waals surface area contributed by atoms with Gasteiger partial charge in [0, 0.05) is 19.8 Å². The van der Waals surface area contributed by atoms with Gasteiger partial charge in [0.15, 0.2) is 5.69 Å². The Kier molecular flexibility index (Phi) is 3.32. The van der Waals surface area contributed by atoms with Crippen molar-refractivity contribution >= 4 is 0 Å². The highest BCUT2D eigenvalue weighted by molar-refractivity contribution is 5.57. The van der Waals surface area contributed by atoms with Gasteiger partial charge in [-0.2, -0.15) is 13.2 Å². The van der Waals surface area contributed by atoms with Crippen molar-refractivity contribution in [1.82, 2.24) is 9.55 Å². The highest BCUT2D eigenvalue weighted by atomic mass is 19.4. The van der Waals surface area contributed by atoms with Crippen LogP contribution in [-0.2, 0) is 19.8 Å². The molecule has 0 radical (unpaired) electrons. The Bertz CT molecular complexity index is 602. The van der Waals surface area contributed by atoms with Crippen molar-refractivity contribution in [3.05, 3.63) is 41.5 Å². The molecule has 0 unspecified atom stereocenters. The van der Waals surface area contributed by atoms with Crippen LogP contribution in [0, 0.1) is 5.82 Å². The van der Waals surface area contributed by atoms with Gasteiger partial charge in [-0.1, -0.05) is 6.07 Å². The molecule has 0 aliphatic heterocycles. The third-order valence-electron chi connectivity index (χ3n) is 2.68. The van der Waals surface area contributed by atoms with Gasteiger partial charge in [0.2, 0.25) is 0 Å². The molecule has 0 saturated heterocycles. The maximum atomic E-state index is 13.8. The van der Waals surface area contributed by atoms with Crippen molar-refractivity contribution in [3.8, 4) is 11.4 Å². The first-order chi connectivity index (χ1) is 8.82. The standard InChI is InChI=1S/C12H11F4N3/c1-19-6-10(12(14,15)16)18-11(19)8-3-2-7(5-17)4-9(8)13/h2-4,6H,5,17H2,1H3. The molecular weight excluding hydrogens is 262 g/mol. The number of alkyl halides is 3. The van der Waals surface area contributed by atoms with E-state index in [4.69, 9.17) is 5.73 Å². The second-order valence-corrected chi connectivity index (χ2v) is 4.08. The van der Waals surface area contributed by atoms with Gasteiger partial charge in [0.1, 0.15) is 11.6 Å². The van der Waals surface area contributed by atoms with Gasteiger partial charge in [0.25, 0.3) is 0 Å². The van der Waals surface area contributed by atoms with Gasteiger partial charge >= 0.3 is 6.18 Å². The lowest BCUT2D eigenvalue weighted by molar-refractivity contribution is -0.140. The van der Waals surface area contributed by atoms with Crippen molar-refractivity contribution in [3.63, 3.8) is 0 Å². The zero-order chi connectivity index (χ0) is 14.2. The van der Waals surface area contributed by atoms with E-state index in [1.54, 1.807) is 6.07 Å². The Morgan fingerprint density at radius 1 is 1.32 bits per heavy atom. The van der Waals surface area contributed by atoms with Crippen molar-refractivity contribution < 1.29 is 17.6 Å². The fraction of sp³-hybridized carbons (Fsp3) is 0.250. The maximum absolute atomic E-state index is 13.8. The molecule has 2 aromatic rings. The van der Waals surface area contributed by atoms with Gasteiger partial charge < -0.3 is 10.3 Å². The summed E-state index contributed by atoms with van der Waals surface area (Å²) in [5.41, 5.74) is 4.88. The Morgan fingerprint density at radius 3 is 2.47 bits per heavy atom. The summed E-state index contributed by atoms with van der Waals surface area (Å²) in [6.45, 7) is 0.158. The quantitative estimate of drug-likeness (QED) is 0.855. The first-order valence-corrected chi connectivity index (χ1v) is 5.42. The Labute approximate surface area is 106 Å². The summed E-state index contributed by atoms with van der Waals surface area (Å²) in [5, 5.41) is 0. The monoisotopic (exact) mass is 273 g/mol. The van der Waals surface area contributed by atoms with Gasteiger partial charge in [-0.15, -0.1) is 0 Å². The Hall–Kier alpha value is -1.89. The smallest absolute Gasteiger partial charge is 0.333 e.